The van der Waals surface area contributed by atoms with Gasteiger partial charge in [0.25, 0.3) is 0 Å². The van der Waals surface area contributed by atoms with Gasteiger partial charge in [0.2, 0.25) is 6.29 Å². The largest absolute Gasteiger partial charge is 0.510 e. The quantitative estimate of drug-likeness (QED) is 0.423. The number of hydrogen-bond donors (Lipinski definition) is 4. The minimum atomic E-state index is -1.61. The second-order valence-electron chi connectivity index (χ2n) is 3.50. The second kappa shape index (κ2) is 6.12. The third-order valence-electron chi connectivity index (χ3n) is 2.32. The van der Waals surface area contributed by atoms with Gasteiger partial charge >= 0.3 is 6.16 Å². The van der Waals surface area contributed by atoms with Gasteiger partial charge in [-0.3, -0.25) is 0 Å². The van der Waals surface area contributed by atoms with E-state index in [4.69, 9.17) is 9.84 Å². The molecule has 1 rings (SSSR count). The van der Waals surface area contributed by atoms with Crippen molar-refractivity contribution >= 4 is 6.16 Å². The molecule has 4 N–H and O–H groups in total. The molecule has 0 spiro atoms. The highest BCUT2D eigenvalue weighted by Crippen LogP contribution is 2.22. The van der Waals surface area contributed by atoms with Crippen LogP contribution >= 0.6 is 0 Å². The molecule has 0 bridgehead atoms. The Bertz CT molecular complexity index is 255. The summed E-state index contributed by atoms with van der Waals surface area (Å²) in [7, 11) is 0. The fourth-order valence-corrected chi connectivity index (χ4v) is 1.41. The molecule has 1 fully saturated rings. The van der Waals surface area contributed by atoms with E-state index in [1.165, 1.54) is 0 Å². The van der Waals surface area contributed by atoms with Crippen molar-refractivity contribution < 1.29 is 39.4 Å². The summed E-state index contributed by atoms with van der Waals surface area (Å²) in [6, 6.07) is 0. The van der Waals surface area contributed by atoms with Crippen LogP contribution in [0.2, 0.25) is 0 Å². The van der Waals surface area contributed by atoms with Gasteiger partial charge in [-0.1, -0.05) is 0 Å². The van der Waals surface area contributed by atoms with Gasteiger partial charge < -0.3 is 34.6 Å². The molecule has 0 saturated carbocycles. The summed E-state index contributed by atoms with van der Waals surface area (Å²) in [5.41, 5.74) is 0. The lowest BCUT2D eigenvalue weighted by molar-refractivity contribution is -0.288. The normalized spacial score (nSPS) is 37.6. The molecule has 0 aliphatic carbocycles. The standard InChI is InChI=1S/C9H16O8/c1-2-15-9(14)17-8-7(13)6(12)5(11)4(3-10)16-8/h4-8,10-13H,2-3H2,1H3/t4-,5-,6+,7-,8+/m1/s1. The third kappa shape index (κ3) is 3.27. The maximum absolute atomic E-state index is 11.0. The lowest BCUT2D eigenvalue weighted by Crippen LogP contribution is -2.59. The Morgan fingerprint density at radius 2 is 1.88 bits per heavy atom. The first-order chi connectivity index (χ1) is 8.01. The van der Waals surface area contributed by atoms with Crippen molar-refractivity contribution in [1.82, 2.24) is 0 Å². The maximum Gasteiger partial charge on any atom is 0.510 e. The van der Waals surface area contributed by atoms with Gasteiger partial charge in [0.15, 0.2) is 0 Å². The highest BCUT2D eigenvalue weighted by atomic mass is 16.8. The monoisotopic (exact) mass is 252 g/mol. The fraction of sp³-hybridized carbons (Fsp3) is 0.889. The zero-order valence-electron chi connectivity index (χ0n) is 9.22. The predicted molar refractivity (Wildman–Crippen MR) is 51.9 cm³/mol. The van der Waals surface area contributed by atoms with E-state index in [0.717, 1.165) is 0 Å². The molecule has 1 aliphatic heterocycles. The summed E-state index contributed by atoms with van der Waals surface area (Å²) < 4.78 is 14.0. The van der Waals surface area contributed by atoms with Crippen LogP contribution in [0.5, 0.6) is 0 Å². The molecule has 0 aromatic carbocycles. The topological polar surface area (TPSA) is 126 Å². The average molecular weight is 252 g/mol. The molecule has 5 atom stereocenters. The van der Waals surface area contributed by atoms with Crippen molar-refractivity contribution in [2.24, 2.45) is 0 Å². The van der Waals surface area contributed by atoms with Crippen LogP contribution in [-0.4, -0.2) is 70.5 Å². The molecule has 8 heteroatoms. The number of aliphatic hydroxyl groups is 4. The van der Waals surface area contributed by atoms with Crippen molar-refractivity contribution in [3.05, 3.63) is 0 Å². The van der Waals surface area contributed by atoms with E-state index < -0.39 is 43.5 Å². The molecule has 0 unspecified atom stereocenters. The van der Waals surface area contributed by atoms with Crippen LogP contribution in [0, 0.1) is 0 Å². The Morgan fingerprint density at radius 1 is 1.24 bits per heavy atom. The Kier molecular flexibility index (Phi) is 5.09. The van der Waals surface area contributed by atoms with Crippen LogP contribution in [0.15, 0.2) is 0 Å². The van der Waals surface area contributed by atoms with Crippen LogP contribution in [0.25, 0.3) is 0 Å². The summed E-state index contributed by atoms with van der Waals surface area (Å²) in [5, 5.41) is 37.2. The summed E-state index contributed by atoms with van der Waals surface area (Å²) in [6.07, 6.45) is -8.37. The Morgan fingerprint density at radius 3 is 2.41 bits per heavy atom. The molecule has 100 valence electrons. The second-order valence-corrected chi connectivity index (χ2v) is 3.50. The van der Waals surface area contributed by atoms with Gasteiger partial charge in [-0.05, 0) is 6.92 Å². The van der Waals surface area contributed by atoms with Gasteiger partial charge in [0.05, 0.1) is 13.2 Å². The number of carbonyl (C=O) groups excluding carboxylic acids is 1. The number of rotatable bonds is 3. The molecule has 1 aliphatic rings. The molecule has 17 heavy (non-hydrogen) atoms. The van der Waals surface area contributed by atoms with E-state index in [0.29, 0.717) is 0 Å². The molecular formula is C9H16O8. The number of ether oxygens (including phenoxy) is 3. The lowest BCUT2D eigenvalue weighted by atomic mass is 9.99. The SMILES string of the molecule is CCOC(=O)O[C@@H]1O[C@H](CO)[C@@H](O)[C@H](O)[C@H]1O. The molecule has 1 saturated heterocycles. The molecule has 1 heterocycles. The van der Waals surface area contributed by atoms with Crippen molar-refractivity contribution in [1.29, 1.82) is 0 Å². The lowest BCUT2D eigenvalue weighted by Gasteiger charge is -2.38. The minimum absolute atomic E-state index is 0.0796. The predicted octanol–water partition coefficient (Wildman–Crippen LogP) is -2.04. The Balaban J connectivity index is 2.62. The molecule has 8 nitrogen and oxygen atoms in total. The minimum Gasteiger partial charge on any atom is -0.435 e. The maximum atomic E-state index is 11.0. The summed E-state index contributed by atoms with van der Waals surface area (Å²) >= 11 is 0. The molecule has 0 aromatic heterocycles. The highest BCUT2D eigenvalue weighted by Gasteiger charge is 2.45. The van der Waals surface area contributed by atoms with Crippen molar-refractivity contribution in [2.45, 2.75) is 37.6 Å². The van der Waals surface area contributed by atoms with E-state index in [1.807, 2.05) is 0 Å². The highest BCUT2D eigenvalue weighted by molar-refractivity contribution is 5.60. The zero-order chi connectivity index (χ0) is 13.0. The van der Waals surface area contributed by atoms with Crippen molar-refractivity contribution in [3.63, 3.8) is 0 Å². The van der Waals surface area contributed by atoms with E-state index >= 15 is 0 Å². The van der Waals surface area contributed by atoms with Crippen LogP contribution in [0.3, 0.4) is 0 Å². The number of aliphatic hydroxyl groups excluding tert-OH is 4. The van der Waals surface area contributed by atoms with Gasteiger partial charge in [-0.15, -0.1) is 0 Å². The first-order valence-electron chi connectivity index (χ1n) is 5.15. The number of hydrogen-bond acceptors (Lipinski definition) is 8. The van der Waals surface area contributed by atoms with Gasteiger partial charge in [-0.25, -0.2) is 4.79 Å². The first kappa shape index (κ1) is 14.1. The zero-order valence-corrected chi connectivity index (χ0v) is 9.22. The van der Waals surface area contributed by atoms with Gasteiger partial charge in [0.1, 0.15) is 24.4 Å². The van der Waals surface area contributed by atoms with Crippen LogP contribution in [-0.2, 0) is 14.2 Å². The van der Waals surface area contributed by atoms with E-state index in [2.05, 4.69) is 9.47 Å². The molecule has 0 radical (unpaired) electrons. The third-order valence-corrected chi connectivity index (χ3v) is 2.32. The van der Waals surface area contributed by atoms with E-state index in [-0.39, 0.29) is 6.61 Å². The smallest absolute Gasteiger partial charge is 0.435 e. The fourth-order valence-electron chi connectivity index (χ4n) is 1.41. The van der Waals surface area contributed by atoms with Crippen LogP contribution in [0.1, 0.15) is 6.92 Å². The molecular weight excluding hydrogens is 236 g/mol. The van der Waals surface area contributed by atoms with Gasteiger partial charge in [-0.2, -0.15) is 0 Å². The first-order valence-corrected chi connectivity index (χ1v) is 5.15. The number of carbonyl (C=O) groups is 1. The molecule has 0 aromatic rings. The van der Waals surface area contributed by atoms with Crippen molar-refractivity contribution in [2.75, 3.05) is 13.2 Å². The average Bonchev–Trinajstić information content (AvgIpc) is 2.30. The van der Waals surface area contributed by atoms with Crippen LogP contribution in [0.4, 0.5) is 4.79 Å². The Labute approximate surface area is 97.3 Å². The summed E-state index contributed by atoms with van der Waals surface area (Å²) in [5.74, 6) is 0. The van der Waals surface area contributed by atoms with Crippen molar-refractivity contribution in [3.8, 4) is 0 Å². The van der Waals surface area contributed by atoms with Crippen LogP contribution < -0.4 is 0 Å². The summed E-state index contributed by atoms with van der Waals surface area (Å²) in [6.45, 7) is 1.05. The Hall–Kier alpha value is -0.930. The molecule has 0 amide bonds. The summed E-state index contributed by atoms with van der Waals surface area (Å²) in [4.78, 5) is 11.0. The van der Waals surface area contributed by atoms with E-state index in [9.17, 15) is 20.1 Å². The van der Waals surface area contributed by atoms with Gasteiger partial charge in [0, 0.05) is 0 Å². The van der Waals surface area contributed by atoms with E-state index in [1.54, 1.807) is 6.92 Å².